The molecule has 2 aromatic carbocycles. The number of carbonyl (C=O) groups excluding carboxylic acids is 1. The highest BCUT2D eigenvalue weighted by Crippen LogP contribution is 2.45. The van der Waals surface area contributed by atoms with Crippen LogP contribution in [0.1, 0.15) is 95.5 Å². The molecule has 0 spiro atoms. The molecule has 0 aliphatic heterocycles. The number of nitrogens with zero attached hydrogens (tertiary/aromatic N) is 1. The summed E-state index contributed by atoms with van der Waals surface area (Å²) < 4.78 is 21.1. The summed E-state index contributed by atoms with van der Waals surface area (Å²) in [4.78, 5) is 13.1. The zero-order valence-corrected chi connectivity index (χ0v) is 24.2. The Kier molecular flexibility index (Phi) is 11.1. The number of rotatable bonds is 12. The van der Waals surface area contributed by atoms with Crippen LogP contribution in [0.15, 0.2) is 55.1 Å². The Hall–Kier alpha value is -2.62. The number of hydrogen-bond donors (Lipinski definition) is 0. The highest BCUT2D eigenvalue weighted by atomic mass is 19.1. The van der Waals surface area contributed by atoms with Crippen molar-refractivity contribution in [1.29, 1.82) is 0 Å². The number of unbranched alkanes of at least 4 members (excludes halogenated alkanes) is 2. The van der Waals surface area contributed by atoms with E-state index in [4.69, 9.17) is 4.74 Å². The SMILES string of the molecule is C=CC(=O)N(C)CCOc1ccc(-c2ccc(C3CCC(C4CCC(CCCCC)CC4)CC3)c(F)c2)cc1. The van der Waals surface area contributed by atoms with Crippen molar-refractivity contribution in [2.45, 2.75) is 89.9 Å². The Bertz CT molecular complexity index is 1050. The van der Waals surface area contributed by atoms with Gasteiger partial charge in [-0.05, 0) is 103 Å². The number of carbonyl (C=O) groups is 1. The summed E-state index contributed by atoms with van der Waals surface area (Å²) in [7, 11) is 1.72. The number of likely N-dealkylation sites (N-methyl/N-ethyl adjacent to an activating group) is 1. The topological polar surface area (TPSA) is 29.5 Å². The van der Waals surface area contributed by atoms with Crippen molar-refractivity contribution in [3.63, 3.8) is 0 Å². The molecule has 2 saturated carbocycles. The molecule has 2 aromatic rings. The molecule has 0 saturated heterocycles. The van der Waals surface area contributed by atoms with Gasteiger partial charge in [0.1, 0.15) is 18.2 Å². The van der Waals surface area contributed by atoms with E-state index in [9.17, 15) is 4.79 Å². The number of ether oxygens (including phenoxy) is 1. The highest BCUT2D eigenvalue weighted by molar-refractivity contribution is 5.86. The Morgan fingerprint density at radius 1 is 0.949 bits per heavy atom. The Balaban J connectivity index is 1.24. The second kappa shape index (κ2) is 14.7. The van der Waals surface area contributed by atoms with E-state index in [1.165, 1.54) is 70.3 Å². The average molecular weight is 534 g/mol. The van der Waals surface area contributed by atoms with Gasteiger partial charge in [-0.25, -0.2) is 4.39 Å². The first-order valence-corrected chi connectivity index (χ1v) is 15.4. The average Bonchev–Trinajstić information content (AvgIpc) is 2.97. The maximum atomic E-state index is 15.3. The first-order chi connectivity index (χ1) is 19.0. The molecule has 2 aliphatic rings. The molecule has 0 radical (unpaired) electrons. The molecule has 2 fully saturated rings. The Morgan fingerprint density at radius 3 is 2.21 bits per heavy atom. The van der Waals surface area contributed by atoms with E-state index in [-0.39, 0.29) is 11.7 Å². The minimum absolute atomic E-state index is 0.0706. The molecule has 0 atom stereocenters. The number of halogens is 1. The van der Waals surface area contributed by atoms with Gasteiger partial charge in [0.05, 0.1) is 6.54 Å². The Labute approximate surface area is 235 Å². The molecular weight excluding hydrogens is 485 g/mol. The van der Waals surface area contributed by atoms with Crippen LogP contribution in [0, 0.1) is 23.6 Å². The fraction of sp³-hybridized carbons (Fsp3) is 0.571. The molecule has 3 nitrogen and oxygen atoms in total. The molecule has 39 heavy (non-hydrogen) atoms. The molecule has 0 heterocycles. The van der Waals surface area contributed by atoms with Crippen LogP contribution in [-0.4, -0.2) is 31.0 Å². The van der Waals surface area contributed by atoms with Crippen LogP contribution in [0.4, 0.5) is 4.39 Å². The number of hydrogen-bond acceptors (Lipinski definition) is 2. The maximum Gasteiger partial charge on any atom is 0.245 e. The normalized spacial score (nSPS) is 23.3. The summed E-state index contributed by atoms with van der Waals surface area (Å²) in [6, 6.07) is 13.5. The van der Waals surface area contributed by atoms with Crippen LogP contribution in [-0.2, 0) is 4.79 Å². The van der Waals surface area contributed by atoms with Crippen molar-refractivity contribution in [3.05, 3.63) is 66.5 Å². The smallest absolute Gasteiger partial charge is 0.245 e. The summed E-state index contributed by atoms with van der Waals surface area (Å²) in [5.41, 5.74) is 2.76. The monoisotopic (exact) mass is 533 g/mol. The zero-order valence-electron chi connectivity index (χ0n) is 24.2. The molecule has 0 N–H and O–H groups in total. The third kappa shape index (κ3) is 8.19. The lowest BCUT2D eigenvalue weighted by molar-refractivity contribution is -0.125. The molecule has 0 bridgehead atoms. The summed E-state index contributed by atoms with van der Waals surface area (Å²) >= 11 is 0. The molecule has 2 aliphatic carbocycles. The fourth-order valence-electron chi connectivity index (χ4n) is 6.88. The fourth-order valence-corrected chi connectivity index (χ4v) is 6.88. The van der Waals surface area contributed by atoms with Gasteiger partial charge in [0.15, 0.2) is 0 Å². The van der Waals surface area contributed by atoms with E-state index in [2.05, 4.69) is 19.6 Å². The van der Waals surface area contributed by atoms with Gasteiger partial charge in [-0.1, -0.05) is 76.3 Å². The van der Waals surface area contributed by atoms with Gasteiger partial charge in [0, 0.05) is 7.05 Å². The summed E-state index contributed by atoms with van der Waals surface area (Å²) in [5, 5.41) is 0. The molecule has 212 valence electrons. The van der Waals surface area contributed by atoms with Gasteiger partial charge in [-0.3, -0.25) is 4.79 Å². The van der Waals surface area contributed by atoms with Crippen molar-refractivity contribution >= 4 is 5.91 Å². The van der Waals surface area contributed by atoms with Gasteiger partial charge in [-0.2, -0.15) is 0 Å². The van der Waals surface area contributed by atoms with Crippen LogP contribution in [0.25, 0.3) is 11.1 Å². The van der Waals surface area contributed by atoms with Gasteiger partial charge in [-0.15, -0.1) is 0 Å². The predicted octanol–water partition coefficient (Wildman–Crippen LogP) is 9.18. The summed E-state index contributed by atoms with van der Waals surface area (Å²) in [6.45, 7) is 6.68. The van der Waals surface area contributed by atoms with Gasteiger partial charge < -0.3 is 9.64 Å². The van der Waals surface area contributed by atoms with E-state index >= 15 is 4.39 Å². The molecular formula is C35H48FNO2. The van der Waals surface area contributed by atoms with E-state index in [0.29, 0.717) is 19.1 Å². The van der Waals surface area contributed by atoms with Crippen molar-refractivity contribution < 1.29 is 13.9 Å². The molecule has 4 heteroatoms. The minimum atomic E-state index is -0.122. The van der Waals surface area contributed by atoms with Crippen molar-refractivity contribution in [1.82, 2.24) is 4.90 Å². The summed E-state index contributed by atoms with van der Waals surface area (Å²) in [6.07, 6.45) is 17.4. The van der Waals surface area contributed by atoms with Crippen LogP contribution < -0.4 is 4.74 Å². The van der Waals surface area contributed by atoms with Crippen LogP contribution in [0.2, 0.25) is 0 Å². The quantitative estimate of drug-likeness (QED) is 0.201. The maximum absolute atomic E-state index is 15.3. The van der Waals surface area contributed by atoms with Crippen LogP contribution in [0.3, 0.4) is 0 Å². The standard InChI is InChI=1S/C35H48FNO2/c1-4-6-7-8-26-9-11-27(12-10-26)28-13-15-30(16-14-28)33-22-19-31(25-34(33)36)29-17-20-32(21-18-29)39-24-23-37(3)35(38)5-2/h5,17-22,25-28,30H,2,4,6-16,23-24H2,1,3H3. The number of amides is 1. The highest BCUT2D eigenvalue weighted by Gasteiger charge is 2.31. The largest absolute Gasteiger partial charge is 0.492 e. The minimum Gasteiger partial charge on any atom is -0.492 e. The molecule has 0 aromatic heterocycles. The lowest BCUT2D eigenvalue weighted by Crippen LogP contribution is -2.29. The first kappa shape index (κ1) is 29.4. The van der Waals surface area contributed by atoms with Gasteiger partial charge >= 0.3 is 0 Å². The molecule has 4 rings (SSSR count). The second-order valence-electron chi connectivity index (χ2n) is 12.0. The predicted molar refractivity (Wildman–Crippen MR) is 159 cm³/mol. The van der Waals surface area contributed by atoms with E-state index < -0.39 is 0 Å². The molecule has 1 amide bonds. The van der Waals surface area contributed by atoms with E-state index in [1.54, 1.807) is 18.0 Å². The van der Waals surface area contributed by atoms with Crippen molar-refractivity contribution in [2.24, 2.45) is 17.8 Å². The van der Waals surface area contributed by atoms with Crippen molar-refractivity contribution in [3.8, 4) is 16.9 Å². The van der Waals surface area contributed by atoms with E-state index in [0.717, 1.165) is 53.0 Å². The van der Waals surface area contributed by atoms with Crippen LogP contribution in [0.5, 0.6) is 5.75 Å². The Morgan fingerprint density at radius 2 is 1.59 bits per heavy atom. The second-order valence-corrected chi connectivity index (χ2v) is 12.0. The van der Waals surface area contributed by atoms with Crippen molar-refractivity contribution in [2.75, 3.05) is 20.2 Å². The third-order valence-electron chi connectivity index (χ3n) is 9.42. The number of benzene rings is 2. The molecule has 0 unspecified atom stereocenters. The van der Waals surface area contributed by atoms with Gasteiger partial charge in [0.2, 0.25) is 5.91 Å². The van der Waals surface area contributed by atoms with Gasteiger partial charge in [0.25, 0.3) is 0 Å². The third-order valence-corrected chi connectivity index (χ3v) is 9.42. The lowest BCUT2D eigenvalue weighted by atomic mass is 9.68. The zero-order chi connectivity index (χ0) is 27.6. The lowest BCUT2D eigenvalue weighted by Gasteiger charge is -2.38. The summed E-state index contributed by atoms with van der Waals surface area (Å²) in [5.74, 6) is 3.62. The first-order valence-electron chi connectivity index (χ1n) is 15.4. The van der Waals surface area contributed by atoms with Crippen LogP contribution >= 0.6 is 0 Å². The van der Waals surface area contributed by atoms with E-state index in [1.807, 2.05) is 30.3 Å².